The van der Waals surface area contributed by atoms with Crippen LogP contribution in [-0.2, 0) is 5.41 Å². The number of nitrogens with zero attached hydrogens (tertiary/aromatic N) is 3. The van der Waals surface area contributed by atoms with Gasteiger partial charge in [-0.3, -0.25) is 0 Å². The number of para-hydroxylation sites is 1. The van der Waals surface area contributed by atoms with Gasteiger partial charge in [-0.1, -0.05) is 98.8 Å². The third-order valence-electron chi connectivity index (χ3n) is 8.52. The summed E-state index contributed by atoms with van der Waals surface area (Å²) in [4.78, 5) is 10.1. The Morgan fingerprint density at radius 2 is 1.38 bits per heavy atom. The fraction of sp³-hybridized carbons (Fsp3) is 0.0789. The first-order valence-electron chi connectivity index (χ1n) is 14.1. The molecule has 0 spiro atoms. The van der Waals surface area contributed by atoms with Crippen molar-refractivity contribution in [3.63, 3.8) is 0 Å². The highest BCUT2D eigenvalue weighted by Crippen LogP contribution is 2.52. The zero-order chi connectivity index (χ0) is 28.4. The molecule has 0 saturated carbocycles. The van der Waals surface area contributed by atoms with E-state index in [1.165, 1.54) is 27.8 Å². The third-order valence-corrected chi connectivity index (χ3v) is 8.52. The largest absolute Gasteiger partial charge is 0.452 e. The van der Waals surface area contributed by atoms with Gasteiger partial charge >= 0.3 is 0 Å². The molecule has 4 heteroatoms. The quantitative estimate of drug-likeness (QED) is 0.224. The molecular weight excluding hydrogens is 514 g/mol. The average molecular weight is 540 g/mol. The van der Waals surface area contributed by atoms with Gasteiger partial charge in [-0.25, -0.2) is 9.97 Å². The molecule has 42 heavy (non-hydrogen) atoms. The van der Waals surface area contributed by atoms with E-state index in [1.54, 1.807) is 0 Å². The first-order valence-corrected chi connectivity index (χ1v) is 14.1. The summed E-state index contributed by atoms with van der Waals surface area (Å²) < 4.78 is 6.29. The van der Waals surface area contributed by atoms with Crippen LogP contribution in [0.15, 0.2) is 120 Å². The van der Waals surface area contributed by atoms with Crippen LogP contribution >= 0.6 is 0 Å². The van der Waals surface area contributed by atoms with Gasteiger partial charge in [-0.15, -0.1) is 0 Å². The van der Waals surface area contributed by atoms with Gasteiger partial charge in [-0.2, -0.15) is 5.26 Å². The molecule has 0 bridgehead atoms. The predicted molar refractivity (Wildman–Crippen MR) is 168 cm³/mol. The lowest BCUT2D eigenvalue weighted by atomic mass is 9.79. The van der Waals surface area contributed by atoms with Crippen LogP contribution in [0.4, 0.5) is 0 Å². The standard InChI is InChI=1S/C38H25N3O/c1-38(2)31-15-5-3-11-28(31)29-14-8-13-27(33(29)38)25-9-7-10-26(21-25)37-40-34(24-19-17-23(22-39)18-20-24)36-35(41-37)30-12-4-6-16-32(30)42-36/h3-21H,1-2H3. The van der Waals surface area contributed by atoms with Crippen molar-refractivity contribution in [2.24, 2.45) is 0 Å². The summed E-state index contributed by atoms with van der Waals surface area (Å²) in [7, 11) is 0. The molecule has 1 aliphatic rings. The van der Waals surface area contributed by atoms with Gasteiger partial charge in [0.05, 0.1) is 11.6 Å². The lowest BCUT2D eigenvalue weighted by Crippen LogP contribution is -2.16. The van der Waals surface area contributed by atoms with E-state index in [-0.39, 0.29) is 5.41 Å². The number of benzene rings is 5. The summed E-state index contributed by atoms with van der Waals surface area (Å²) in [6.07, 6.45) is 0. The molecule has 0 atom stereocenters. The fourth-order valence-electron chi connectivity index (χ4n) is 6.53. The Kier molecular flexibility index (Phi) is 5.20. The normalized spacial score (nSPS) is 13.2. The van der Waals surface area contributed by atoms with E-state index in [2.05, 4.69) is 86.6 Å². The average Bonchev–Trinajstić information content (AvgIpc) is 3.53. The highest BCUT2D eigenvalue weighted by molar-refractivity contribution is 6.07. The number of hydrogen-bond acceptors (Lipinski definition) is 4. The molecule has 4 nitrogen and oxygen atoms in total. The maximum Gasteiger partial charge on any atom is 0.180 e. The monoisotopic (exact) mass is 539 g/mol. The van der Waals surface area contributed by atoms with Gasteiger partial charge in [0.15, 0.2) is 11.4 Å². The summed E-state index contributed by atoms with van der Waals surface area (Å²) in [5.74, 6) is 0.630. The second-order valence-electron chi connectivity index (χ2n) is 11.3. The van der Waals surface area contributed by atoms with E-state index in [1.807, 2.05) is 48.5 Å². The minimum Gasteiger partial charge on any atom is -0.452 e. The summed E-state index contributed by atoms with van der Waals surface area (Å²) in [5.41, 5.74) is 12.8. The van der Waals surface area contributed by atoms with Crippen LogP contribution in [0.3, 0.4) is 0 Å². The van der Waals surface area contributed by atoms with Gasteiger partial charge in [0, 0.05) is 21.9 Å². The highest BCUT2D eigenvalue weighted by atomic mass is 16.3. The van der Waals surface area contributed by atoms with Gasteiger partial charge < -0.3 is 4.42 Å². The van der Waals surface area contributed by atoms with E-state index in [9.17, 15) is 5.26 Å². The molecule has 0 fully saturated rings. The van der Waals surface area contributed by atoms with Crippen molar-refractivity contribution in [1.82, 2.24) is 9.97 Å². The zero-order valence-electron chi connectivity index (χ0n) is 23.2. The van der Waals surface area contributed by atoms with Crippen LogP contribution in [0.1, 0.15) is 30.5 Å². The first-order chi connectivity index (χ1) is 20.5. The number of rotatable bonds is 3. The fourth-order valence-corrected chi connectivity index (χ4v) is 6.53. The van der Waals surface area contributed by atoms with E-state index in [4.69, 9.17) is 14.4 Å². The van der Waals surface area contributed by atoms with Gasteiger partial charge in [0.1, 0.15) is 16.8 Å². The van der Waals surface area contributed by atoms with Crippen molar-refractivity contribution in [2.75, 3.05) is 0 Å². The van der Waals surface area contributed by atoms with Crippen molar-refractivity contribution in [1.29, 1.82) is 5.26 Å². The maximum absolute atomic E-state index is 9.33. The molecule has 1 aliphatic carbocycles. The van der Waals surface area contributed by atoms with Crippen LogP contribution in [-0.4, -0.2) is 9.97 Å². The van der Waals surface area contributed by atoms with Crippen LogP contribution < -0.4 is 0 Å². The Balaban J connectivity index is 1.33. The van der Waals surface area contributed by atoms with Gasteiger partial charge in [0.2, 0.25) is 0 Å². The number of nitriles is 1. The Hall–Kier alpha value is -5.53. The number of hydrogen-bond donors (Lipinski definition) is 0. The molecule has 0 unspecified atom stereocenters. The van der Waals surface area contributed by atoms with Crippen LogP contribution in [0.25, 0.3) is 67.0 Å². The summed E-state index contributed by atoms with van der Waals surface area (Å²) >= 11 is 0. The van der Waals surface area contributed by atoms with Crippen molar-refractivity contribution < 1.29 is 4.42 Å². The van der Waals surface area contributed by atoms with Crippen molar-refractivity contribution >= 4 is 22.1 Å². The lowest BCUT2D eigenvalue weighted by Gasteiger charge is -2.24. The van der Waals surface area contributed by atoms with Gasteiger partial charge in [-0.05, 0) is 63.7 Å². The molecule has 0 saturated heterocycles. The number of aromatic nitrogens is 2. The number of furan rings is 1. The smallest absolute Gasteiger partial charge is 0.180 e. The third kappa shape index (κ3) is 3.54. The topological polar surface area (TPSA) is 62.7 Å². The summed E-state index contributed by atoms with van der Waals surface area (Å²) in [6.45, 7) is 4.63. The first kappa shape index (κ1) is 24.3. The van der Waals surface area contributed by atoms with Crippen LogP contribution in [0.5, 0.6) is 0 Å². The molecule has 0 aliphatic heterocycles. The molecule has 7 aromatic rings. The van der Waals surface area contributed by atoms with Crippen LogP contribution in [0, 0.1) is 11.3 Å². The molecule has 2 heterocycles. The second kappa shape index (κ2) is 8.99. The van der Waals surface area contributed by atoms with Crippen molar-refractivity contribution in [2.45, 2.75) is 19.3 Å². The van der Waals surface area contributed by atoms with E-state index in [0.29, 0.717) is 22.7 Å². The summed E-state index contributed by atoms with van der Waals surface area (Å²) in [6, 6.07) is 41.5. The minimum absolute atomic E-state index is 0.119. The molecule has 0 amide bonds. The molecule has 8 rings (SSSR count). The molecule has 0 radical (unpaired) electrons. The van der Waals surface area contributed by atoms with Gasteiger partial charge in [0.25, 0.3) is 0 Å². The van der Waals surface area contributed by atoms with E-state index >= 15 is 0 Å². The Morgan fingerprint density at radius 3 is 2.24 bits per heavy atom. The molecule has 0 N–H and O–H groups in total. The lowest BCUT2D eigenvalue weighted by molar-refractivity contribution is 0.662. The Bertz CT molecular complexity index is 2230. The number of fused-ring (bicyclic) bond motifs is 6. The van der Waals surface area contributed by atoms with E-state index < -0.39 is 0 Å². The maximum atomic E-state index is 9.33. The molecule has 198 valence electrons. The second-order valence-corrected chi connectivity index (χ2v) is 11.3. The van der Waals surface area contributed by atoms with Crippen molar-refractivity contribution in [3.05, 3.63) is 132 Å². The Morgan fingerprint density at radius 1 is 0.667 bits per heavy atom. The molecule has 2 aromatic heterocycles. The van der Waals surface area contributed by atoms with Crippen LogP contribution in [0.2, 0.25) is 0 Å². The SMILES string of the molecule is CC1(C)c2ccccc2-c2cccc(-c3cccc(-c4nc(-c5ccc(C#N)cc5)c5oc6ccccc6c5n4)c3)c21. The minimum atomic E-state index is -0.119. The zero-order valence-corrected chi connectivity index (χ0v) is 23.2. The van der Waals surface area contributed by atoms with Crippen molar-refractivity contribution in [3.8, 4) is 51.0 Å². The molecular formula is C38H25N3O. The van der Waals surface area contributed by atoms with E-state index in [0.717, 1.165) is 33.2 Å². The highest BCUT2D eigenvalue weighted by Gasteiger charge is 2.37. The summed E-state index contributed by atoms with van der Waals surface area (Å²) in [5, 5.41) is 10.3. The Labute approximate surface area is 243 Å². The molecule has 5 aromatic carbocycles. The predicted octanol–water partition coefficient (Wildman–Crippen LogP) is 9.55.